The van der Waals surface area contributed by atoms with E-state index in [1.54, 1.807) is 0 Å². The van der Waals surface area contributed by atoms with Gasteiger partial charge in [-0.15, -0.1) is 0 Å². The zero-order valence-corrected chi connectivity index (χ0v) is 83.3. The SMILES string of the molecule is CC(=O)O[C@@H]1[C@@H](OC(C)=O)[C@H]2O[C@H]3[C@H](OC(C)=O)[C@@H](OC(C)=O)[C@@H](O[C@H]4[C@H](OC(C)=O)[C@@H](OC(C)=O)[C@@H](O[C@H]5[C@H](OC(C)=O)[C@@H](OC(C)=O)[C@@H](O[C@H]6[C@H](OC(C)=O)[C@@H](OC(C)=O)[C@@H](O[C@H]7[C@H](OC(C)=O)[C@@H](OC(C)=O)[C@@H](O[C@H]8[C@H](OC(C)=O)[C@@H](OC(C)=O)[C@@H](O[C@@H]1[C@@H](COS(=O)(=O)[O-])O2)O[C@@H]8COS(=O)(=O)[O-])O[C@@H]7COS(=O)(=O)[O-])O[C@@H]6COS(=O)(=O)[O-])O[C@@H]5COS(=O)(=O)[O-])O[C@@H]4COS(=O)(=O)[O-])O[C@@H]3COS(=O)(=O)[O-]. The maximum Gasteiger partial charge on any atom is 0.303 e. The van der Waals surface area contributed by atoms with E-state index in [0.29, 0.717) is 96.9 Å². The van der Waals surface area contributed by atoms with Crippen molar-refractivity contribution in [2.24, 2.45) is 0 Å². The Bertz CT molecular complexity index is 4640. The number of hydrogen-bond donors (Lipinski definition) is 0. The Morgan fingerprint density at radius 2 is 0.238 bits per heavy atom. The van der Waals surface area contributed by atoms with Crippen LogP contribution >= 0.6 is 0 Å². The Hall–Kier alpha value is -8.89. The van der Waals surface area contributed by atoms with E-state index in [0.717, 1.165) is 0 Å². The molecule has 0 aliphatic carbocycles. The molecule has 70 nitrogen and oxygen atoms in total. The van der Waals surface area contributed by atoms with Gasteiger partial charge in [0.2, 0.25) is 72.8 Å². The molecule has 840 valence electrons. The van der Waals surface area contributed by atoms with Gasteiger partial charge in [0, 0.05) is 96.9 Å². The first kappa shape index (κ1) is 123. The predicted octanol–water partition coefficient (Wildman–Crippen LogP) is -10.8. The summed E-state index contributed by atoms with van der Waals surface area (Å²) in [5.41, 5.74) is 0. The Morgan fingerprint density at radius 3 is 0.313 bits per heavy atom. The lowest BCUT2D eigenvalue weighted by molar-refractivity contribution is -0.396. The first-order valence-corrected chi connectivity index (χ1v) is 50.8. The van der Waals surface area contributed by atoms with E-state index >= 15 is 0 Å². The molecule has 21 saturated heterocycles. The topological polar surface area (TPSA) is 962 Å². The number of rotatable bonds is 35. The molecular weight excluding hydrogens is 2190 g/mol. The van der Waals surface area contributed by atoms with Gasteiger partial charge < -0.3 is 165 Å². The van der Waals surface area contributed by atoms with Gasteiger partial charge in [0.1, 0.15) is 85.5 Å². The van der Waals surface area contributed by atoms with Crippen LogP contribution in [0.15, 0.2) is 0 Å². The van der Waals surface area contributed by atoms with Crippen LogP contribution in [0.5, 0.6) is 0 Å². The van der Waals surface area contributed by atoms with E-state index in [2.05, 4.69) is 29.3 Å². The minimum Gasteiger partial charge on any atom is -0.726 e. The second kappa shape index (κ2) is 51.5. The molecule has 0 aromatic heterocycles. The first-order chi connectivity index (χ1) is 67.7. The molecule has 0 aromatic carbocycles. The molecule has 0 amide bonds. The minimum absolute atomic E-state index is 0.506. The third kappa shape index (κ3) is 37.9. The molecule has 0 radical (unpaired) electrons. The second-order valence-corrected chi connectivity index (χ2v) is 38.8. The highest BCUT2D eigenvalue weighted by molar-refractivity contribution is 7.82. The average molecular weight is 2280 g/mol. The van der Waals surface area contributed by atoms with Crippen molar-refractivity contribution in [1.82, 2.24) is 0 Å². The van der Waals surface area contributed by atoms with Crippen molar-refractivity contribution >= 4 is 156 Å². The van der Waals surface area contributed by atoms with Crippen molar-refractivity contribution in [1.29, 1.82) is 0 Å². The summed E-state index contributed by atoms with van der Waals surface area (Å²) < 4.78 is 465. The Balaban J connectivity index is 1.56. The molecule has 21 aliphatic heterocycles. The van der Waals surface area contributed by atoms with E-state index < -0.39 is 418 Å². The van der Waals surface area contributed by atoms with Crippen LogP contribution in [0.1, 0.15) is 96.9 Å². The molecular formula is C70H91O70S7-7. The standard InChI is InChI=1S/C70H98O70S7/c1-22(71)113-50-43-36(15-106-141(85,86)87)127-64(57(50)120-29(8)78)135-44-37(16-107-142(88,89)90)129-66(59(122-31(10)80)51(44)114-23(2)72)137-46-39(18-109-144(94,95)96)131-68(61(124-33(12)82)53(46)116-25(4)74)139-48-41(20-111-146(100,101)102)133-70(63(126-35(14)84)55(48)118-27(6)76)140-49-42(21-112-147(103,104)105)132-69(62(125-34(13)83)56(49)119-28(7)77)138-47-40(19-110-145(97,98)99)130-67(60(123-32(11)81)54(47)117-26(5)75)136-45-38(17-108-143(91,92)93)128-65(134-43)58(121-30(9)79)52(45)115-24(3)73/h36-70H,15-21H2,1-14H3,(H,85,86,87)(H,88,89,90)(H,91,92,93)(H,94,95,96)(H,97,98,99)(H,100,101,102)(H,103,104,105)/p-7/t36-,37-,38-,39-,40-,41-,42-,43-,44-,45-,46-,47-,48-,49-,50+,51+,52+,53+,54+,55+,56+,57-,58-,59-,60-,61-,62-,63-,64-,65-,66-,67-,68-,69-,70-/m1/s1. The van der Waals surface area contributed by atoms with E-state index in [-0.39, 0.29) is 0 Å². The van der Waals surface area contributed by atoms with Crippen LogP contribution in [0.2, 0.25) is 0 Å². The molecule has 77 heteroatoms. The van der Waals surface area contributed by atoms with Crippen molar-refractivity contribution in [3.63, 3.8) is 0 Å². The van der Waals surface area contributed by atoms with Crippen molar-refractivity contribution in [2.75, 3.05) is 46.2 Å². The fraction of sp³-hybridized carbons (Fsp3) is 0.800. The van der Waals surface area contributed by atoms with E-state index in [9.17, 15) is 158 Å². The van der Waals surface area contributed by atoms with Gasteiger partial charge in [-0.2, -0.15) is 0 Å². The number of ether oxygens (including phenoxy) is 28. The summed E-state index contributed by atoms with van der Waals surface area (Å²) in [6, 6.07) is 0. The highest BCUT2D eigenvalue weighted by atomic mass is 32.3. The molecule has 21 heterocycles. The highest BCUT2D eigenvalue weighted by Crippen LogP contribution is 2.46. The van der Waals surface area contributed by atoms with Gasteiger partial charge >= 0.3 is 83.6 Å². The van der Waals surface area contributed by atoms with Crippen LogP contribution in [0.25, 0.3) is 0 Å². The Kier molecular flexibility index (Phi) is 43.2. The van der Waals surface area contributed by atoms with Crippen LogP contribution in [0.4, 0.5) is 0 Å². The lowest BCUT2D eigenvalue weighted by atomic mass is 9.94. The van der Waals surface area contributed by atoms with E-state index in [1.165, 1.54) is 0 Å². The summed E-state index contributed by atoms with van der Waals surface area (Å²) in [6.45, 7) is -6.66. The van der Waals surface area contributed by atoms with Gasteiger partial charge in [0.05, 0.1) is 46.2 Å². The zero-order valence-electron chi connectivity index (χ0n) is 77.6. The molecule has 21 aliphatic rings. The van der Waals surface area contributed by atoms with E-state index in [4.69, 9.17) is 133 Å². The minimum atomic E-state index is -6.26. The summed E-state index contributed by atoms with van der Waals surface area (Å²) in [4.78, 5) is 193. The average Bonchev–Trinajstić information content (AvgIpc) is 0.873. The van der Waals surface area contributed by atoms with Crippen molar-refractivity contribution in [3.05, 3.63) is 0 Å². The van der Waals surface area contributed by atoms with Crippen LogP contribution in [-0.4, -0.2) is 436 Å². The molecule has 21 fully saturated rings. The molecule has 14 bridgehead atoms. The first-order valence-electron chi connectivity index (χ1n) is 41.5. The smallest absolute Gasteiger partial charge is 0.303 e. The second-order valence-electron chi connectivity index (χ2n) is 31.4. The van der Waals surface area contributed by atoms with Gasteiger partial charge in [-0.25, -0.2) is 58.9 Å². The molecule has 35 atom stereocenters. The summed E-state index contributed by atoms with van der Waals surface area (Å²) >= 11 is 0. The van der Waals surface area contributed by atoms with Gasteiger partial charge in [0.25, 0.3) is 0 Å². The number of hydrogen-bond acceptors (Lipinski definition) is 70. The molecule has 0 aromatic rings. The molecule has 0 N–H and O–H groups in total. The largest absolute Gasteiger partial charge is 0.726 e. The van der Waals surface area contributed by atoms with Crippen LogP contribution < -0.4 is 0 Å². The van der Waals surface area contributed by atoms with Gasteiger partial charge in [-0.05, 0) is 0 Å². The lowest BCUT2D eigenvalue weighted by Gasteiger charge is -2.52. The summed E-state index contributed by atoms with van der Waals surface area (Å²) in [5, 5.41) is 0. The maximum absolute atomic E-state index is 13.8. The maximum atomic E-state index is 13.8. The van der Waals surface area contributed by atoms with Gasteiger partial charge in [-0.3, -0.25) is 96.4 Å². The third-order valence-corrected chi connectivity index (χ3v) is 23.0. The van der Waals surface area contributed by atoms with Crippen molar-refractivity contribution in [2.45, 2.75) is 312 Å². The molecule has 0 saturated carbocycles. The summed E-state index contributed by atoms with van der Waals surface area (Å²) in [6.07, 6.45) is -102. The fourth-order valence-corrected chi connectivity index (χ4v) is 17.7. The van der Waals surface area contributed by atoms with Crippen LogP contribution in [0.3, 0.4) is 0 Å². The third-order valence-electron chi connectivity index (χ3n) is 20.0. The quantitative estimate of drug-likeness (QED) is 0.0246. The monoisotopic (exact) mass is 2280 g/mol. The van der Waals surface area contributed by atoms with Crippen molar-refractivity contribution in [3.8, 4) is 0 Å². The van der Waals surface area contributed by atoms with Gasteiger partial charge in [0.15, 0.2) is 129 Å². The molecule has 0 spiro atoms. The summed E-state index contributed by atoms with van der Waals surface area (Å²) in [7, 11) is -43.9. The van der Waals surface area contributed by atoms with E-state index in [1.807, 2.05) is 0 Å². The van der Waals surface area contributed by atoms with Crippen molar-refractivity contribution < 1.29 is 320 Å². The lowest BCUT2D eigenvalue weighted by Crippen LogP contribution is -2.70. The fourth-order valence-electron chi connectivity index (χ4n) is 15.6. The molecule has 147 heavy (non-hydrogen) atoms. The zero-order chi connectivity index (χ0) is 110. The number of esters is 14. The van der Waals surface area contributed by atoms with Gasteiger partial charge in [-0.1, -0.05) is 0 Å². The molecule has 0 unspecified atom stereocenters. The molecule has 21 rings (SSSR count). The Labute approximate surface area is 830 Å². The highest BCUT2D eigenvalue weighted by Gasteiger charge is 2.66. The normalized spacial score (nSPS) is 34.7. The predicted molar refractivity (Wildman–Crippen MR) is 422 cm³/mol. The van der Waals surface area contributed by atoms with Crippen LogP contribution in [0, 0.1) is 0 Å². The summed E-state index contributed by atoms with van der Waals surface area (Å²) in [5.74, 6) is -23.2. The van der Waals surface area contributed by atoms with Crippen LogP contribution in [-0.2, 0) is 302 Å². The number of carbonyl (C=O) groups excluding carboxylic acids is 14. The number of carbonyl (C=O) groups is 14. The Morgan fingerprint density at radius 1 is 0.156 bits per heavy atom.